The maximum absolute atomic E-state index is 5.80. The first-order valence-corrected chi connectivity index (χ1v) is 7.16. The summed E-state index contributed by atoms with van der Waals surface area (Å²) in [6.45, 7) is 4.75. The van der Waals surface area contributed by atoms with Gasteiger partial charge < -0.3 is 4.74 Å². The Labute approximate surface area is 105 Å². The van der Waals surface area contributed by atoms with E-state index in [0.717, 1.165) is 17.8 Å². The van der Waals surface area contributed by atoms with Gasteiger partial charge in [-0.15, -0.1) is 0 Å². The van der Waals surface area contributed by atoms with E-state index in [9.17, 15) is 0 Å². The van der Waals surface area contributed by atoms with Gasteiger partial charge in [0.15, 0.2) is 0 Å². The van der Waals surface area contributed by atoms with E-state index in [1.165, 1.54) is 32.1 Å². The molecule has 0 amide bonds. The summed E-state index contributed by atoms with van der Waals surface area (Å²) in [7, 11) is 1.84. The molecule has 2 rings (SSSR count). The maximum Gasteiger partial charge on any atom is 0.0768 e. The standard InChI is InChI=1S/C14H28N2O/c1-9-4-5-12(8-10(9)2)13(16-15)14(17-3)11-6-7-11/h9-14,16H,4-8,15H2,1-3H3. The van der Waals surface area contributed by atoms with Gasteiger partial charge in [-0.2, -0.15) is 0 Å². The molecule has 17 heavy (non-hydrogen) atoms. The first-order valence-electron chi connectivity index (χ1n) is 7.16. The van der Waals surface area contributed by atoms with E-state index < -0.39 is 0 Å². The normalized spacial score (nSPS) is 37.8. The largest absolute Gasteiger partial charge is 0.379 e. The Kier molecular flexibility index (Phi) is 4.45. The van der Waals surface area contributed by atoms with Crippen molar-refractivity contribution in [2.24, 2.45) is 29.5 Å². The summed E-state index contributed by atoms with van der Waals surface area (Å²) in [5, 5.41) is 0. The molecule has 0 aliphatic heterocycles. The Morgan fingerprint density at radius 1 is 1.06 bits per heavy atom. The molecule has 2 aliphatic carbocycles. The van der Waals surface area contributed by atoms with Gasteiger partial charge in [-0.05, 0) is 49.4 Å². The average Bonchev–Trinajstić information content (AvgIpc) is 3.14. The van der Waals surface area contributed by atoms with Crippen LogP contribution in [0, 0.1) is 23.7 Å². The van der Waals surface area contributed by atoms with Crippen molar-refractivity contribution in [3.05, 3.63) is 0 Å². The lowest BCUT2D eigenvalue weighted by molar-refractivity contribution is 0.0151. The lowest BCUT2D eigenvalue weighted by atomic mass is 9.72. The monoisotopic (exact) mass is 240 g/mol. The molecule has 100 valence electrons. The molecule has 5 atom stereocenters. The number of ether oxygens (including phenoxy) is 1. The summed E-state index contributed by atoms with van der Waals surface area (Å²) < 4.78 is 5.70. The summed E-state index contributed by atoms with van der Waals surface area (Å²) in [6.07, 6.45) is 6.89. The van der Waals surface area contributed by atoms with E-state index in [1.54, 1.807) is 0 Å². The molecule has 3 heteroatoms. The zero-order chi connectivity index (χ0) is 12.4. The van der Waals surface area contributed by atoms with Crippen molar-refractivity contribution >= 4 is 0 Å². The number of nitrogens with two attached hydrogens (primary N) is 1. The van der Waals surface area contributed by atoms with Crippen molar-refractivity contribution in [3.8, 4) is 0 Å². The highest BCUT2D eigenvalue weighted by Crippen LogP contribution is 2.41. The molecule has 2 saturated carbocycles. The van der Waals surface area contributed by atoms with Crippen LogP contribution in [-0.4, -0.2) is 19.3 Å². The molecule has 3 N–H and O–H groups in total. The van der Waals surface area contributed by atoms with Crippen LogP contribution in [0.1, 0.15) is 46.0 Å². The van der Waals surface area contributed by atoms with Gasteiger partial charge in [-0.25, -0.2) is 0 Å². The van der Waals surface area contributed by atoms with Gasteiger partial charge in [0.05, 0.1) is 12.1 Å². The van der Waals surface area contributed by atoms with Gasteiger partial charge in [-0.3, -0.25) is 11.3 Å². The zero-order valence-corrected chi connectivity index (χ0v) is 11.5. The first kappa shape index (κ1) is 13.3. The highest BCUT2D eigenvalue weighted by molar-refractivity contribution is 4.94. The Balaban J connectivity index is 1.97. The lowest BCUT2D eigenvalue weighted by Gasteiger charge is -2.39. The fourth-order valence-electron chi connectivity index (χ4n) is 3.47. The highest BCUT2D eigenvalue weighted by atomic mass is 16.5. The first-order chi connectivity index (χ1) is 8.17. The Morgan fingerprint density at radius 2 is 1.71 bits per heavy atom. The predicted molar refractivity (Wildman–Crippen MR) is 70.3 cm³/mol. The van der Waals surface area contributed by atoms with Crippen LogP contribution in [0.25, 0.3) is 0 Å². The molecule has 2 aliphatic rings. The summed E-state index contributed by atoms with van der Waals surface area (Å²) in [5.41, 5.74) is 3.05. The molecule has 0 bridgehead atoms. The van der Waals surface area contributed by atoms with Gasteiger partial charge >= 0.3 is 0 Å². The summed E-state index contributed by atoms with van der Waals surface area (Å²) in [6, 6.07) is 0.349. The van der Waals surface area contributed by atoms with Crippen molar-refractivity contribution < 1.29 is 4.74 Å². The van der Waals surface area contributed by atoms with Crippen molar-refractivity contribution in [1.82, 2.24) is 5.43 Å². The molecule has 0 radical (unpaired) electrons. The number of hydrogen-bond donors (Lipinski definition) is 2. The molecule has 0 aromatic rings. The quantitative estimate of drug-likeness (QED) is 0.572. The minimum atomic E-state index is 0.325. The summed E-state index contributed by atoms with van der Waals surface area (Å²) in [4.78, 5) is 0. The second-order valence-electron chi connectivity index (χ2n) is 6.26. The molecular formula is C14H28N2O. The maximum atomic E-state index is 5.80. The van der Waals surface area contributed by atoms with E-state index in [0.29, 0.717) is 18.1 Å². The van der Waals surface area contributed by atoms with E-state index in [2.05, 4.69) is 19.3 Å². The smallest absolute Gasteiger partial charge is 0.0768 e. The molecule has 2 fully saturated rings. The van der Waals surface area contributed by atoms with Crippen LogP contribution in [0.15, 0.2) is 0 Å². The zero-order valence-electron chi connectivity index (χ0n) is 11.5. The van der Waals surface area contributed by atoms with Crippen LogP contribution >= 0.6 is 0 Å². The number of rotatable bonds is 5. The van der Waals surface area contributed by atoms with Crippen molar-refractivity contribution in [2.75, 3.05) is 7.11 Å². The second-order valence-corrected chi connectivity index (χ2v) is 6.26. The van der Waals surface area contributed by atoms with Crippen molar-refractivity contribution in [1.29, 1.82) is 0 Å². The van der Waals surface area contributed by atoms with Crippen LogP contribution in [0.3, 0.4) is 0 Å². The van der Waals surface area contributed by atoms with Gasteiger partial charge in [-0.1, -0.05) is 20.3 Å². The van der Waals surface area contributed by atoms with Gasteiger partial charge in [0.25, 0.3) is 0 Å². The lowest BCUT2D eigenvalue weighted by Crippen LogP contribution is -2.52. The molecule has 3 nitrogen and oxygen atoms in total. The van der Waals surface area contributed by atoms with E-state index >= 15 is 0 Å². The molecule has 5 unspecified atom stereocenters. The van der Waals surface area contributed by atoms with E-state index in [4.69, 9.17) is 10.6 Å². The fraction of sp³-hybridized carbons (Fsp3) is 1.00. The molecular weight excluding hydrogens is 212 g/mol. The second kappa shape index (κ2) is 5.68. The van der Waals surface area contributed by atoms with E-state index in [-0.39, 0.29) is 0 Å². The molecule has 0 aromatic carbocycles. The SMILES string of the molecule is COC(C1CC1)C(NN)C1CCC(C)C(C)C1. The number of hydrogen-bond acceptors (Lipinski definition) is 3. The van der Waals surface area contributed by atoms with Gasteiger partial charge in [0.2, 0.25) is 0 Å². The van der Waals surface area contributed by atoms with Crippen LogP contribution in [0.4, 0.5) is 0 Å². The number of methoxy groups -OCH3 is 1. The van der Waals surface area contributed by atoms with Crippen LogP contribution in [0.5, 0.6) is 0 Å². The van der Waals surface area contributed by atoms with Gasteiger partial charge in [0, 0.05) is 7.11 Å². The third-order valence-electron chi connectivity index (χ3n) is 5.05. The third-order valence-corrected chi connectivity index (χ3v) is 5.05. The van der Waals surface area contributed by atoms with Crippen molar-refractivity contribution in [3.63, 3.8) is 0 Å². The number of nitrogens with one attached hydrogen (secondary N) is 1. The van der Waals surface area contributed by atoms with Crippen LogP contribution < -0.4 is 11.3 Å². The molecule has 0 spiro atoms. The molecule has 0 saturated heterocycles. The van der Waals surface area contributed by atoms with Crippen LogP contribution in [-0.2, 0) is 4.74 Å². The predicted octanol–water partition coefficient (Wildman–Crippen LogP) is 2.32. The van der Waals surface area contributed by atoms with Crippen molar-refractivity contribution in [2.45, 2.75) is 58.1 Å². The molecule has 0 heterocycles. The third kappa shape index (κ3) is 3.01. The number of hydrazine groups is 1. The van der Waals surface area contributed by atoms with Crippen LogP contribution in [0.2, 0.25) is 0 Å². The average molecular weight is 240 g/mol. The Bertz CT molecular complexity index is 242. The minimum Gasteiger partial charge on any atom is -0.379 e. The van der Waals surface area contributed by atoms with E-state index in [1.807, 2.05) is 7.11 Å². The topological polar surface area (TPSA) is 47.3 Å². The fourth-order valence-corrected chi connectivity index (χ4v) is 3.47. The van der Waals surface area contributed by atoms with Gasteiger partial charge in [0.1, 0.15) is 0 Å². The summed E-state index contributed by atoms with van der Waals surface area (Å²) >= 11 is 0. The minimum absolute atomic E-state index is 0.325. The Morgan fingerprint density at radius 3 is 2.18 bits per heavy atom. The highest BCUT2D eigenvalue weighted by Gasteiger charge is 2.41. The Hall–Kier alpha value is -0.120. The summed E-state index contributed by atoms with van der Waals surface area (Å²) in [5.74, 6) is 8.92. The molecule has 0 aromatic heterocycles.